The quantitative estimate of drug-likeness (QED) is 0.514. The third-order valence-electron chi connectivity index (χ3n) is 4.22. The molecule has 0 bridgehead atoms. The number of rotatable bonds is 6. The molecule has 0 saturated heterocycles. The zero-order chi connectivity index (χ0) is 18.6. The third-order valence-corrected chi connectivity index (χ3v) is 4.22. The Morgan fingerprint density at radius 3 is 2.96 bits per heavy atom. The van der Waals surface area contributed by atoms with Crippen molar-refractivity contribution in [3.05, 3.63) is 60.6 Å². The Labute approximate surface area is 155 Å². The first-order valence-corrected chi connectivity index (χ1v) is 8.52. The van der Waals surface area contributed by atoms with Gasteiger partial charge in [-0.15, -0.1) is 0 Å². The van der Waals surface area contributed by atoms with E-state index in [0.29, 0.717) is 30.3 Å². The Hall–Kier alpha value is -3.45. The molecule has 2 N–H and O–H groups in total. The highest BCUT2D eigenvalue weighted by atomic mass is 16.5. The van der Waals surface area contributed by atoms with Crippen LogP contribution in [0.2, 0.25) is 0 Å². The number of aromatic amines is 1. The van der Waals surface area contributed by atoms with E-state index in [1.807, 2.05) is 36.4 Å². The highest BCUT2D eigenvalue weighted by Gasteiger charge is 2.11. The van der Waals surface area contributed by atoms with Gasteiger partial charge in [-0.25, -0.2) is 9.97 Å². The number of nitrogens with zero attached hydrogens (tertiary/aromatic N) is 2. The van der Waals surface area contributed by atoms with E-state index in [1.165, 1.54) is 6.33 Å². The monoisotopic (exact) mass is 362 g/mol. The number of nitrogens with one attached hydrogen (secondary N) is 2. The van der Waals surface area contributed by atoms with Gasteiger partial charge in [-0.05, 0) is 41.1 Å². The molecule has 2 aromatic carbocycles. The van der Waals surface area contributed by atoms with Crippen molar-refractivity contribution in [2.45, 2.75) is 0 Å². The van der Waals surface area contributed by atoms with E-state index in [0.717, 1.165) is 21.8 Å². The Morgan fingerprint density at radius 1 is 1.15 bits per heavy atom. The topological polar surface area (TPSA) is 89.1 Å². The Balaban J connectivity index is 1.63. The van der Waals surface area contributed by atoms with E-state index in [-0.39, 0.29) is 5.91 Å². The van der Waals surface area contributed by atoms with Crippen molar-refractivity contribution < 1.29 is 14.3 Å². The SMILES string of the molecule is COCCNC(=O)c1cccc2cc(Oc3ncnc4[nH]ccc34)ccc12. The molecular weight excluding hydrogens is 344 g/mol. The molecule has 0 spiro atoms. The maximum Gasteiger partial charge on any atom is 0.251 e. The van der Waals surface area contributed by atoms with Crippen molar-refractivity contribution in [1.29, 1.82) is 0 Å². The summed E-state index contributed by atoms with van der Waals surface area (Å²) >= 11 is 0. The summed E-state index contributed by atoms with van der Waals surface area (Å²) in [7, 11) is 1.60. The Bertz CT molecular complexity index is 1110. The number of H-pyrrole nitrogens is 1. The molecular formula is C20H18N4O3. The molecule has 27 heavy (non-hydrogen) atoms. The number of carbonyl (C=O) groups excluding carboxylic acids is 1. The van der Waals surface area contributed by atoms with Crippen LogP contribution in [0.3, 0.4) is 0 Å². The number of methoxy groups -OCH3 is 1. The van der Waals surface area contributed by atoms with Gasteiger partial charge >= 0.3 is 0 Å². The van der Waals surface area contributed by atoms with Gasteiger partial charge in [-0.1, -0.05) is 12.1 Å². The van der Waals surface area contributed by atoms with Crippen LogP contribution < -0.4 is 10.1 Å². The standard InChI is InChI=1S/C20H18N4O3/c1-26-10-9-22-19(25)16-4-2-3-13-11-14(5-6-15(13)16)27-20-17-7-8-21-18(17)23-12-24-20/h2-8,11-12H,9-10H2,1H3,(H,22,25)(H,21,23,24). The van der Waals surface area contributed by atoms with Crippen molar-refractivity contribution in [3.8, 4) is 11.6 Å². The lowest BCUT2D eigenvalue weighted by Gasteiger charge is -2.10. The first-order chi connectivity index (χ1) is 13.3. The van der Waals surface area contributed by atoms with Crippen LogP contribution in [0.25, 0.3) is 21.8 Å². The molecule has 4 aromatic rings. The fourth-order valence-corrected chi connectivity index (χ4v) is 2.93. The second-order valence-corrected chi connectivity index (χ2v) is 5.96. The number of ether oxygens (including phenoxy) is 2. The van der Waals surface area contributed by atoms with Crippen LogP contribution >= 0.6 is 0 Å². The number of benzene rings is 2. The van der Waals surface area contributed by atoms with E-state index in [1.54, 1.807) is 19.4 Å². The number of fused-ring (bicyclic) bond motifs is 2. The third kappa shape index (κ3) is 3.45. The molecule has 7 heteroatoms. The van der Waals surface area contributed by atoms with E-state index >= 15 is 0 Å². The molecule has 1 amide bonds. The molecule has 0 atom stereocenters. The van der Waals surface area contributed by atoms with Crippen LogP contribution in [0.5, 0.6) is 11.6 Å². The minimum Gasteiger partial charge on any atom is -0.438 e. The molecule has 2 heterocycles. The lowest BCUT2D eigenvalue weighted by atomic mass is 10.0. The van der Waals surface area contributed by atoms with Gasteiger partial charge in [0.15, 0.2) is 0 Å². The molecule has 0 aliphatic carbocycles. The molecule has 0 fully saturated rings. The minimum absolute atomic E-state index is 0.129. The Kier molecular flexibility index (Phi) is 4.67. The van der Waals surface area contributed by atoms with Gasteiger partial charge < -0.3 is 19.8 Å². The molecule has 136 valence electrons. The molecule has 0 aliphatic heterocycles. The summed E-state index contributed by atoms with van der Waals surface area (Å²) < 4.78 is 10.9. The van der Waals surface area contributed by atoms with Crippen molar-refractivity contribution >= 4 is 27.7 Å². The number of carbonyl (C=O) groups is 1. The van der Waals surface area contributed by atoms with E-state index in [4.69, 9.17) is 9.47 Å². The van der Waals surface area contributed by atoms with Crippen molar-refractivity contribution in [3.63, 3.8) is 0 Å². The van der Waals surface area contributed by atoms with Gasteiger partial charge in [-0.3, -0.25) is 4.79 Å². The number of hydrogen-bond donors (Lipinski definition) is 2. The molecule has 0 radical (unpaired) electrons. The highest BCUT2D eigenvalue weighted by molar-refractivity contribution is 6.07. The lowest BCUT2D eigenvalue weighted by Crippen LogP contribution is -2.27. The number of aromatic nitrogens is 3. The summed E-state index contributed by atoms with van der Waals surface area (Å²) in [6.45, 7) is 0.939. The van der Waals surface area contributed by atoms with Gasteiger partial charge in [0.25, 0.3) is 5.91 Å². The molecule has 0 unspecified atom stereocenters. The normalized spacial score (nSPS) is 11.0. The lowest BCUT2D eigenvalue weighted by molar-refractivity contribution is 0.0938. The van der Waals surface area contributed by atoms with Gasteiger partial charge in [-0.2, -0.15) is 0 Å². The molecule has 4 rings (SSSR count). The fourth-order valence-electron chi connectivity index (χ4n) is 2.93. The second-order valence-electron chi connectivity index (χ2n) is 5.96. The number of hydrogen-bond acceptors (Lipinski definition) is 5. The summed E-state index contributed by atoms with van der Waals surface area (Å²) in [5.74, 6) is 0.992. The van der Waals surface area contributed by atoms with Gasteiger partial charge in [0.1, 0.15) is 17.7 Å². The zero-order valence-electron chi connectivity index (χ0n) is 14.7. The van der Waals surface area contributed by atoms with Crippen LogP contribution in [0.1, 0.15) is 10.4 Å². The maximum atomic E-state index is 12.4. The highest BCUT2D eigenvalue weighted by Crippen LogP contribution is 2.29. The summed E-state index contributed by atoms with van der Waals surface area (Å²) in [6, 6.07) is 13.1. The van der Waals surface area contributed by atoms with Crippen LogP contribution in [-0.4, -0.2) is 41.1 Å². The van der Waals surface area contributed by atoms with Gasteiger partial charge in [0, 0.05) is 25.4 Å². The largest absolute Gasteiger partial charge is 0.438 e. The number of amides is 1. The molecule has 0 aliphatic rings. The Morgan fingerprint density at radius 2 is 2.07 bits per heavy atom. The average molecular weight is 362 g/mol. The predicted molar refractivity (Wildman–Crippen MR) is 102 cm³/mol. The summed E-state index contributed by atoms with van der Waals surface area (Å²) in [6.07, 6.45) is 3.25. The van der Waals surface area contributed by atoms with E-state index in [9.17, 15) is 4.79 Å². The fraction of sp³-hybridized carbons (Fsp3) is 0.150. The van der Waals surface area contributed by atoms with E-state index < -0.39 is 0 Å². The summed E-state index contributed by atoms with van der Waals surface area (Å²) in [5, 5.41) is 5.42. The summed E-state index contributed by atoms with van der Waals surface area (Å²) in [4.78, 5) is 23.8. The first-order valence-electron chi connectivity index (χ1n) is 8.52. The van der Waals surface area contributed by atoms with Gasteiger partial charge in [0.05, 0.1) is 12.0 Å². The predicted octanol–water partition coefficient (Wildman–Crippen LogP) is 3.28. The van der Waals surface area contributed by atoms with Crippen molar-refractivity contribution in [1.82, 2.24) is 20.3 Å². The van der Waals surface area contributed by atoms with Crippen LogP contribution in [0, 0.1) is 0 Å². The van der Waals surface area contributed by atoms with Crippen LogP contribution in [0.4, 0.5) is 0 Å². The maximum absolute atomic E-state index is 12.4. The first kappa shape index (κ1) is 17.0. The van der Waals surface area contributed by atoms with Gasteiger partial charge in [0.2, 0.25) is 5.88 Å². The van der Waals surface area contributed by atoms with Crippen molar-refractivity contribution in [2.75, 3.05) is 20.3 Å². The molecule has 2 aromatic heterocycles. The van der Waals surface area contributed by atoms with Crippen LogP contribution in [-0.2, 0) is 4.74 Å². The molecule has 0 saturated carbocycles. The average Bonchev–Trinajstić information content (AvgIpc) is 3.17. The van der Waals surface area contributed by atoms with E-state index in [2.05, 4.69) is 20.3 Å². The zero-order valence-corrected chi connectivity index (χ0v) is 14.7. The van der Waals surface area contributed by atoms with Crippen molar-refractivity contribution in [2.24, 2.45) is 0 Å². The smallest absolute Gasteiger partial charge is 0.251 e. The minimum atomic E-state index is -0.129. The van der Waals surface area contributed by atoms with Crippen LogP contribution in [0.15, 0.2) is 55.0 Å². The molecule has 7 nitrogen and oxygen atoms in total. The second kappa shape index (κ2) is 7.43. The summed E-state index contributed by atoms with van der Waals surface area (Å²) in [5.41, 5.74) is 1.33.